The van der Waals surface area contributed by atoms with E-state index < -0.39 is 9.84 Å². The Kier molecular flexibility index (Phi) is 2.90. The second kappa shape index (κ2) is 4.03. The lowest BCUT2D eigenvalue weighted by Gasteiger charge is -2.27. The Labute approximate surface area is 89.8 Å². The van der Waals surface area contributed by atoms with Gasteiger partial charge in [-0.05, 0) is 6.92 Å². The number of hydrogen-bond acceptors (Lipinski definition) is 5. The van der Waals surface area contributed by atoms with Gasteiger partial charge in [0, 0.05) is 38.9 Å². The van der Waals surface area contributed by atoms with Crippen molar-refractivity contribution in [3.05, 3.63) is 11.1 Å². The van der Waals surface area contributed by atoms with E-state index in [1.807, 2.05) is 0 Å². The highest BCUT2D eigenvalue weighted by molar-refractivity contribution is 8.09. The quantitative estimate of drug-likeness (QED) is 0.698. The van der Waals surface area contributed by atoms with Crippen LogP contribution in [0.2, 0.25) is 0 Å². The third-order valence-corrected chi connectivity index (χ3v) is 4.52. The molecule has 0 unspecified atom stereocenters. The van der Waals surface area contributed by atoms with Gasteiger partial charge in [0.05, 0.1) is 4.91 Å². The molecule has 1 saturated heterocycles. The highest BCUT2D eigenvalue weighted by Gasteiger charge is 2.27. The zero-order valence-electron chi connectivity index (χ0n) is 8.73. The summed E-state index contributed by atoms with van der Waals surface area (Å²) in [4.78, 5) is 6.43. The smallest absolute Gasteiger partial charge is 0.218 e. The molecule has 2 heterocycles. The molecular weight excluding hydrogens is 214 g/mol. The van der Waals surface area contributed by atoms with Gasteiger partial charge in [0.25, 0.3) is 0 Å². The van der Waals surface area contributed by atoms with E-state index in [2.05, 4.69) is 15.2 Å². The monoisotopic (exact) mass is 229 g/mol. The number of sulfone groups is 1. The Morgan fingerprint density at radius 1 is 1.47 bits per heavy atom. The third-order valence-electron chi connectivity index (χ3n) is 2.71. The minimum Gasteiger partial charge on any atom is -0.314 e. The molecule has 0 bridgehead atoms. The highest BCUT2D eigenvalue weighted by atomic mass is 32.2. The van der Waals surface area contributed by atoms with Crippen LogP contribution >= 0.6 is 0 Å². The van der Waals surface area contributed by atoms with E-state index in [1.54, 1.807) is 0 Å². The first-order valence-electron chi connectivity index (χ1n) is 5.02. The van der Waals surface area contributed by atoms with Crippen molar-refractivity contribution >= 4 is 14.9 Å². The van der Waals surface area contributed by atoms with Crippen molar-refractivity contribution in [3.8, 4) is 0 Å². The van der Waals surface area contributed by atoms with Gasteiger partial charge in [-0.3, -0.25) is 4.90 Å². The summed E-state index contributed by atoms with van der Waals surface area (Å²) < 4.78 is 23.5. The average molecular weight is 229 g/mol. The number of piperazine rings is 1. The second-order valence-corrected chi connectivity index (χ2v) is 5.90. The fourth-order valence-electron chi connectivity index (χ4n) is 1.71. The molecule has 0 aromatic carbocycles. The van der Waals surface area contributed by atoms with Gasteiger partial charge in [0.1, 0.15) is 5.04 Å². The summed E-state index contributed by atoms with van der Waals surface area (Å²) in [6.07, 6.45) is 1.48. The predicted molar refractivity (Wildman–Crippen MR) is 59.4 cm³/mol. The van der Waals surface area contributed by atoms with E-state index in [9.17, 15) is 8.42 Å². The molecule has 0 aromatic heterocycles. The van der Waals surface area contributed by atoms with Crippen molar-refractivity contribution in [3.63, 3.8) is 0 Å². The zero-order valence-corrected chi connectivity index (χ0v) is 9.55. The van der Waals surface area contributed by atoms with Gasteiger partial charge in [-0.25, -0.2) is 13.4 Å². The average Bonchev–Trinajstić information content (AvgIpc) is 2.47. The molecule has 0 aromatic rings. The molecule has 0 spiro atoms. The zero-order chi connectivity index (χ0) is 10.9. The van der Waals surface area contributed by atoms with E-state index in [0.29, 0.717) is 11.4 Å². The van der Waals surface area contributed by atoms with Crippen LogP contribution in [0.15, 0.2) is 16.1 Å². The molecule has 5 nitrogen and oxygen atoms in total. The summed E-state index contributed by atoms with van der Waals surface area (Å²) in [5.41, 5.74) is 0. The van der Waals surface area contributed by atoms with E-state index in [0.717, 1.165) is 26.2 Å². The van der Waals surface area contributed by atoms with E-state index in [4.69, 9.17) is 0 Å². The largest absolute Gasteiger partial charge is 0.314 e. The number of nitrogens with one attached hydrogen (secondary N) is 1. The van der Waals surface area contributed by atoms with Gasteiger partial charge in [-0.2, -0.15) is 0 Å². The van der Waals surface area contributed by atoms with Crippen molar-refractivity contribution in [1.82, 2.24) is 10.2 Å². The Bertz CT molecular complexity index is 405. The lowest BCUT2D eigenvalue weighted by atomic mass is 10.3. The molecule has 2 aliphatic heterocycles. The summed E-state index contributed by atoms with van der Waals surface area (Å²) in [5, 5.41) is 3.45. The van der Waals surface area contributed by atoms with E-state index in [-0.39, 0.29) is 5.04 Å². The maximum atomic E-state index is 11.7. The lowest BCUT2D eigenvalue weighted by molar-refractivity contribution is 0.262. The SMILES string of the molecule is CC1=NC=C(CN2CCNCC2)S1(=O)=O. The molecule has 0 atom stereocenters. The summed E-state index contributed by atoms with van der Waals surface area (Å²) >= 11 is 0. The Balaban J connectivity index is 2.02. The molecule has 2 aliphatic rings. The topological polar surface area (TPSA) is 61.8 Å². The molecule has 0 radical (unpaired) electrons. The van der Waals surface area contributed by atoms with Crippen LogP contribution in [-0.2, 0) is 9.84 Å². The van der Waals surface area contributed by atoms with Crippen molar-refractivity contribution in [2.75, 3.05) is 32.7 Å². The van der Waals surface area contributed by atoms with Crippen LogP contribution in [-0.4, -0.2) is 51.1 Å². The van der Waals surface area contributed by atoms with Gasteiger partial charge in [-0.1, -0.05) is 0 Å². The molecule has 1 N–H and O–H groups in total. The van der Waals surface area contributed by atoms with Crippen molar-refractivity contribution in [2.24, 2.45) is 4.99 Å². The first kappa shape index (κ1) is 10.8. The van der Waals surface area contributed by atoms with Crippen LogP contribution in [0.4, 0.5) is 0 Å². The van der Waals surface area contributed by atoms with Gasteiger partial charge in [0.15, 0.2) is 0 Å². The number of hydrogen-bond donors (Lipinski definition) is 1. The van der Waals surface area contributed by atoms with Gasteiger partial charge in [-0.15, -0.1) is 0 Å². The molecule has 1 fully saturated rings. The van der Waals surface area contributed by atoms with Gasteiger partial charge >= 0.3 is 0 Å². The van der Waals surface area contributed by atoms with Gasteiger partial charge in [0.2, 0.25) is 9.84 Å². The lowest BCUT2D eigenvalue weighted by Crippen LogP contribution is -2.44. The summed E-state index contributed by atoms with van der Waals surface area (Å²) in [7, 11) is -3.22. The summed E-state index contributed by atoms with van der Waals surface area (Å²) in [6.45, 7) is 5.67. The number of rotatable bonds is 2. The molecule has 0 aliphatic carbocycles. The Hall–Kier alpha value is -0.720. The molecular formula is C9H15N3O2S. The maximum absolute atomic E-state index is 11.7. The highest BCUT2D eigenvalue weighted by Crippen LogP contribution is 2.18. The van der Waals surface area contributed by atoms with Crippen LogP contribution in [0, 0.1) is 0 Å². The third kappa shape index (κ3) is 2.11. The molecule has 2 rings (SSSR count). The second-order valence-electron chi connectivity index (χ2n) is 3.77. The first-order valence-corrected chi connectivity index (χ1v) is 6.50. The number of nitrogens with zero attached hydrogens (tertiary/aromatic N) is 2. The fraction of sp³-hybridized carbons (Fsp3) is 0.667. The standard InChI is InChI=1S/C9H15N3O2S/c1-8-11-6-9(15(8,13)14)7-12-4-2-10-3-5-12/h6,10H,2-5,7H2,1H3. The van der Waals surface area contributed by atoms with E-state index >= 15 is 0 Å². The molecule has 6 heteroatoms. The Morgan fingerprint density at radius 2 is 2.13 bits per heavy atom. The summed E-state index contributed by atoms with van der Waals surface area (Å²) in [5.74, 6) is 0. The van der Waals surface area contributed by atoms with Crippen molar-refractivity contribution in [2.45, 2.75) is 6.92 Å². The normalized spacial score (nSPS) is 26.2. The van der Waals surface area contributed by atoms with Crippen molar-refractivity contribution < 1.29 is 8.42 Å². The fourth-order valence-corrected chi connectivity index (χ4v) is 2.82. The van der Waals surface area contributed by atoms with E-state index in [1.165, 1.54) is 13.1 Å². The van der Waals surface area contributed by atoms with Crippen molar-refractivity contribution in [1.29, 1.82) is 0 Å². The molecule has 15 heavy (non-hydrogen) atoms. The molecule has 84 valence electrons. The first-order chi connectivity index (χ1) is 7.10. The molecule has 0 amide bonds. The maximum Gasteiger partial charge on any atom is 0.218 e. The molecule has 0 saturated carbocycles. The van der Waals surface area contributed by atoms with Crippen LogP contribution in [0.1, 0.15) is 6.92 Å². The Morgan fingerprint density at radius 3 is 2.67 bits per heavy atom. The summed E-state index contributed by atoms with van der Waals surface area (Å²) in [6, 6.07) is 0. The van der Waals surface area contributed by atoms with Crippen LogP contribution in [0.5, 0.6) is 0 Å². The van der Waals surface area contributed by atoms with Gasteiger partial charge < -0.3 is 5.32 Å². The van der Waals surface area contributed by atoms with Crippen LogP contribution in [0.25, 0.3) is 0 Å². The minimum atomic E-state index is -3.22. The number of aliphatic imine (C=N–C) groups is 1. The minimum absolute atomic E-state index is 0.215. The van der Waals surface area contributed by atoms with Crippen LogP contribution in [0.3, 0.4) is 0 Å². The predicted octanol–water partition coefficient (Wildman–Crippen LogP) is -0.420. The van der Waals surface area contributed by atoms with Crippen LogP contribution < -0.4 is 5.32 Å².